The molecule has 2 nitrogen and oxygen atoms in total. The van der Waals surface area contributed by atoms with E-state index in [-0.39, 0.29) is 5.75 Å². The number of nitrogens with zero attached hydrogens (tertiary/aromatic N) is 1. The Bertz CT molecular complexity index is 408. The van der Waals surface area contributed by atoms with Gasteiger partial charge in [-0.3, -0.25) is 4.90 Å². The maximum Gasteiger partial charge on any atom is 0.134 e. The highest BCUT2D eigenvalue weighted by atomic mass is 35.5. The Morgan fingerprint density at radius 3 is 2.89 bits per heavy atom. The minimum atomic E-state index is 0.171. The van der Waals surface area contributed by atoms with E-state index in [0.29, 0.717) is 5.02 Å². The lowest BCUT2D eigenvalue weighted by atomic mass is 9.96. The number of benzene rings is 1. The van der Waals surface area contributed by atoms with Crippen molar-refractivity contribution < 1.29 is 5.11 Å². The van der Waals surface area contributed by atoms with Crippen LogP contribution in [0.4, 0.5) is 0 Å². The van der Waals surface area contributed by atoms with Crippen molar-refractivity contribution in [2.45, 2.75) is 45.6 Å². The predicted octanol–water partition coefficient (Wildman–Crippen LogP) is 4.45. The fourth-order valence-corrected chi connectivity index (χ4v) is 3.19. The summed E-state index contributed by atoms with van der Waals surface area (Å²) in [7, 11) is 0. The van der Waals surface area contributed by atoms with Crippen LogP contribution in [0.2, 0.25) is 5.02 Å². The van der Waals surface area contributed by atoms with E-state index in [4.69, 9.17) is 11.6 Å². The lowest BCUT2D eigenvalue weighted by Crippen LogP contribution is -2.24. The second-order valence-corrected chi connectivity index (χ2v) is 6.05. The molecule has 1 aliphatic heterocycles. The number of phenolic OH excluding ortho intramolecular Hbond substituents is 1. The third-order valence-corrected chi connectivity index (χ3v) is 4.36. The summed E-state index contributed by atoms with van der Waals surface area (Å²) in [5.41, 5.74) is 1.19. The maximum atomic E-state index is 9.44. The highest BCUT2D eigenvalue weighted by Crippen LogP contribution is 2.26. The van der Waals surface area contributed by atoms with Gasteiger partial charge in [0, 0.05) is 6.54 Å². The van der Waals surface area contributed by atoms with Crippen molar-refractivity contribution in [1.82, 2.24) is 4.90 Å². The SMILES string of the molecule is CCCC1CCCN(Cc2ccc(O)c(Cl)c2)CC1. The summed E-state index contributed by atoms with van der Waals surface area (Å²) in [6, 6.07) is 5.54. The molecule has 0 radical (unpaired) electrons. The molecule has 0 spiro atoms. The zero-order chi connectivity index (χ0) is 13.7. The summed E-state index contributed by atoms with van der Waals surface area (Å²) < 4.78 is 0. The minimum absolute atomic E-state index is 0.171. The average Bonchev–Trinajstić information content (AvgIpc) is 2.60. The number of rotatable bonds is 4. The van der Waals surface area contributed by atoms with Crippen molar-refractivity contribution in [3.05, 3.63) is 28.8 Å². The van der Waals surface area contributed by atoms with Gasteiger partial charge in [0.05, 0.1) is 5.02 Å². The van der Waals surface area contributed by atoms with E-state index in [2.05, 4.69) is 11.8 Å². The monoisotopic (exact) mass is 281 g/mol. The van der Waals surface area contributed by atoms with Gasteiger partial charge in [0.25, 0.3) is 0 Å². The van der Waals surface area contributed by atoms with Gasteiger partial charge in [0.2, 0.25) is 0 Å². The van der Waals surface area contributed by atoms with Crippen LogP contribution >= 0.6 is 11.6 Å². The first-order valence-corrected chi connectivity index (χ1v) is 7.76. The number of hydrogen-bond donors (Lipinski definition) is 1. The van der Waals surface area contributed by atoms with Crippen LogP contribution in [0.5, 0.6) is 5.75 Å². The Balaban J connectivity index is 1.90. The fraction of sp³-hybridized carbons (Fsp3) is 0.625. The number of phenols is 1. The van der Waals surface area contributed by atoms with Crippen LogP contribution in [0.15, 0.2) is 18.2 Å². The topological polar surface area (TPSA) is 23.5 Å². The normalized spacial score (nSPS) is 21.3. The first-order valence-electron chi connectivity index (χ1n) is 7.38. The molecule has 1 saturated heterocycles. The number of likely N-dealkylation sites (tertiary alicyclic amines) is 1. The maximum absolute atomic E-state index is 9.44. The van der Waals surface area contributed by atoms with Crippen LogP contribution in [0, 0.1) is 5.92 Å². The van der Waals surface area contributed by atoms with Crippen molar-refractivity contribution in [1.29, 1.82) is 0 Å². The fourth-order valence-electron chi connectivity index (χ4n) is 2.99. The molecule has 3 heteroatoms. The summed E-state index contributed by atoms with van der Waals surface area (Å²) in [6.45, 7) is 5.59. The van der Waals surface area contributed by atoms with Crippen LogP contribution in [0.25, 0.3) is 0 Å². The molecule has 1 fully saturated rings. The molecule has 0 aromatic heterocycles. The molecule has 2 rings (SSSR count). The number of halogens is 1. The molecule has 0 aliphatic carbocycles. The molecule has 106 valence electrons. The zero-order valence-corrected chi connectivity index (χ0v) is 12.5. The van der Waals surface area contributed by atoms with Crippen molar-refractivity contribution in [2.24, 2.45) is 5.92 Å². The van der Waals surface area contributed by atoms with Crippen LogP contribution in [-0.2, 0) is 6.54 Å². The van der Waals surface area contributed by atoms with E-state index in [1.165, 1.54) is 50.8 Å². The smallest absolute Gasteiger partial charge is 0.134 e. The van der Waals surface area contributed by atoms with E-state index in [9.17, 15) is 5.11 Å². The van der Waals surface area contributed by atoms with Crippen molar-refractivity contribution >= 4 is 11.6 Å². The largest absolute Gasteiger partial charge is 0.506 e. The number of hydrogen-bond acceptors (Lipinski definition) is 2. The van der Waals surface area contributed by atoms with E-state index < -0.39 is 0 Å². The molecule has 1 aromatic rings. The Morgan fingerprint density at radius 1 is 1.32 bits per heavy atom. The van der Waals surface area contributed by atoms with Gasteiger partial charge in [-0.25, -0.2) is 0 Å². The quantitative estimate of drug-likeness (QED) is 0.881. The Morgan fingerprint density at radius 2 is 2.16 bits per heavy atom. The number of aromatic hydroxyl groups is 1. The Hall–Kier alpha value is -0.730. The zero-order valence-electron chi connectivity index (χ0n) is 11.7. The van der Waals surface area contributed by atoms with Crippen LogP contribution in [-0.4, -0.2) is 23.1 Å². The third-order valence-electron chi connectivity index (χ3n) is 4.06. The van der Waals surface area contributed by atoms with Gasteiger partial charge in [0.1, 0.15) is 5.75 Å². The van der Waals surface area contributed by atoms with Gasteiger partial charge >= 0.3 is 0 Å². The molecule has 1 aromatic carbocycles. The van der Waals surface area contributed by atoms with E-state index in [1.807, 2.05) is 12.1 Å². The highest BCUT2D eigenvalue weighted by molar-refractivity contribution is 6.32. The van der Waals surface area contributed by atoms with Gasteiger partial charge in [-0.05, 0) is 56.0 Å². The molecule has 1 unspecified atom stereocenters. The molecule has 1 aliphatic rings. The van der Waals surface area contributed by atoms with Gasteiger partial charge in [-0.2, -0.15) is 0 Å². The molecule has 0 amide bonds. The molecular weight excluding hydrogens is 258 g/mol. The van der Waals surface area contributed by atoms with E-state index in [0.717, 1.165) is 12.5 Å². The minimum Gasteiger partial charge on any atom is -0.506 e. The first-order chi connectivity index (χ1) is 9.19. The molecule has 1 N–H and O–H groups in total. The molecule has 19 heavy (non-hydrogen) atoms. The third kappa shape index (κ3) is 4.39. The summed E-state index contributed by atoms with van der Waals surface area (Å²) in [6.07, 6.45) is 6.67. The summed E-state index contributed by atoms with van der Waals surface area (Å²) in [4.78, 5) is 2.51. The summed E-state index contributed by atoms with van der Waals surface area (Å²) in [5, 5.41) is 9.90. The van der Waals surface area contributed by atoms with E-state index in [1.54, 1.807) is 6.07 Å². The molecule has 1 atom stereocenters. The van der Waals surface area contributed by atoms with Gasteiger partial charge < -0.3 is 5.11 Å². The molecule has 0 bridgehead atoms. The predicted molar refractivity (Wildman–Crippen MR) is 80.6 cm³/mol. The van der Waals surface area contributed by atoms with Crippen LogP contribution < -0.4 is 0 Å². The molecule has 0 saturated carbocycles. The van der Waals surface area contributed by atoms with Crippen molar-refractivity contribution in [2.75, 3.05) is 13.1 Å². The second-order valence-electron chi connectivity index (χ2n) is 5.65. The molecule has 1 heterocycles. The second kappa shape index (κ2) is 7.16. The van der Waals surface area contributed by atoms with Crippen LogP contribution in [0.1, 0.15) is 44.6 Å². The lowest BCUT2D eigenvalue weighted by molar-refractivity contribution is 0.271. The summed E-state index contributed by atoms with van der Waals surface area (Å²) >= 11 is 5.96. The van der Waals surface area contributed by atoms with Gasteiger partial charge in [-0.15, -0.1) is 0 Å². The Kier molecular flexibility index (Phi) is 5.53. The molecular formula is C16H24ClNO. The van der Waals surface area contributed by atoms with E-state index >= 15 is 0 Å². The first kappa shape index (κ1) is 14.7. The van der Waals surface area contributed by atoms with Crippen molar-refractivity contribution in [3.8, 4) is 5.75 Å². The standard InChI is InChI=1S/C16H24ClNO/c1-2-4-13-5-3-9-18(10-8-13)12-14-6-7-16(19)15(17)11-14/h6-7,11,13,19H,2-5,8-10,12H2,1H3. The summed E-state index contributed by atoms with van der Waals surface area (Å²) in [5.74, 6) is 1.09. The van der Waals surface area contributed by atoms with Crippen molar-refractivity contribution in [3.63, 3.8) is 0 Å². The van der Waals surface area contributed by atoms with Gasteiger partial charge in [0.15, 0.2) is 0 Å². The highest BCUT2D eigenvalue weighted by Gasteiger charge is 2.16. The van der Waals surface area contributed by atoms with Gasteiger partial charge in [-0.1, -0.05) is 37.4 Å². The Labute approximate surface area is 121 Å². The average molecular weight is 282 g/mol. The lowest BCUT2D eigenvalue weighted by Gasteiger charge is -2.20. The van der Waals surface area contributed by atoms with Crippen LogP contribution in [0.3, 0.4) is 0 Å².